The highest BCUT2D eigenvalue weighted by Gasteiger charge is 2.34. The highest BCUT2D eigenvalue weighted by Crippen LogP contribution is 2.41. The minimum Gasteiger partial charge on any atom is -0.390 e. The smallest absolute Gasteiger partial charge is 0.390 e. The molecule has 0 aliphatic rings. The van der Waals surface area contributed by atoms with Gasteiger partial charge in [0.05, 0.1) is 39.4 Å². The van der Waals surface area contributed by atoms with Crippen molar-refractivity contribution in [2.75, 3.05) is 74.8 Å². The number of carbonyl (C=O) groups is 4. The van der Waals surface area contributed by atoms with E-state index in [-0.39, 0.29) is 53.2 Å². The van der Waals surface area contributed by atoms with Gasteiger partial charge in [-0.15, -0.1) is 23.5 Å². The van der Waals surface area contributed by atoms with E-state index in [0.717, 1.165) is 79.6 Å². The van der Waals surface area contributed by atoms with Gasteiger partial charge in [-0.2, -0.15) is 26.3 Å². The number of unbranched alkanes of at least 4 members (excludes halogenated alkanes) is 3. The molecule has 0 aliphatic carbocycles. The lowest BCUT2D eigenvalue weighted by atomic mass is 10.1. The lowest BCUT2D eigenvalue weighted by molar-refractivity contribution is -0.138. The van der Waals surface area contributed by atoms with E-state index in [2.05, 4.69) is 47.0 Å². The quantitative estimate of drug-likeness (QED) is 0.0178. The second-order valence-corrected chi connectivity index (χ2v) is 14.8. The number of nitrogens with two attached hydrogens (primary N) is 6. The van der Waals surface area contributed by atoms with Gasteiger partial charge in [0.25, 0.3) is 11.8 Å². The molecule has 0 radical (unpaired) electrons. The van der Waals surface area contributed by atoms with Crippen molar-refractivity contribution in [2.45, 2.75) is 60.7 Å². The van der Waals surface area contributed by atoms with Crippen molar-refractivity contribution in [1.29, 1.82) is 0 Å². The van der Waals surface area contributed by atoms with Gasteiger partial charge in [0.1, 0.15) is 24.0 Å². The highest BCUT2D eigenvalue weighted by atomic mass is 32.2. The first-order valence-electron chi connectivity index (χ1n) is 19.6. The zero-order chi connectivity index (χ0) is 49.4. The third kappa shape index (κ3) is 24.4. The number of alkyl halides is 6. The van der Waals surface area contributed by atoms with Gasteiger partial charge in [0.15, 0.2) is 5.96 Å². The van der Waals surface area contributed by atoms with Crippen molar-refractivity contribution in [3.63, 3.8) is 0 Å². The minimum atomic E-state index is -4.87. The van der Waals surface area contributed by atoms with E-state index in [4.69, 9.17) is 28.7 Å². The molecule has 1 heterocycles. The van der Waals surface area contributed by atoms with E-state index < -0.39 is 52.6 Å². The molecule has 0 bridgehead atoms. The number of halogens is 6. The molecule has 0 saturated heterocycles. The summed E-state index contributed by atoms with van der Waals surface area (Å²) in [4.78, 5) is 64.5. The third-order valence-corrected chi connectivity index (χ3v) is 9.71. The summed E-state index contributed by atoms with van der Waals surface area (Å²) in [7, 11) is 5.25. The van der Waals surface area contributed by atoms with Gasteiger partial charge < -0.3 is 60.5 Å². The second kappa shape index (κ2) is 33.0. The van der Waals surface area contributed by atoms with Crippen LogP contribution in [0.25, 0.3) is 0 Å². The molecule has 16 N–H and O–H groups in total. The fraction of sp³-hybridized carbons (Fsp3) is 0.436. The molecule has 3 aromatic rings. The monoisotopic (exact) mass is 964 g/mol. The van der Waals surface area contributed by atoms with Gasteiger partial charge in [0, 0.05) is 61.5 Å². The summed E-state index contributed by atoms with van der Waals surface area (Å²) in [6, 6.07) is 5.12. The van der Waals surface area contributed by atoms with Crippen molar-refractivity contribution in [3.05, 3.63) is 65.2 Å². The summed E-state index contributed by atoms with van der Waals surface area (Å²) in [6.45, 7) is 1.31. The number of anilines is 3. The number of guanidine groups is 1. The number of rotatable bonds is 21. The van der Waals surface area contributed by atoms with Crippen LogP contribution in [0, 0.1) is 0 Å². The molecular weight excluding hydrogens is 907 g/mol. The SMILES string of the molecule is CN.CNC.NC(N)=NCCCCC=O.NC=NCCCCC(=O)Nc1cc(C(F)(F)F)cc(NC(=O)c2cc(C(=O)Nc3cc(C(F)(F)F)ccc3SCCN)ncn2)c1SCCN. The Hall–Kier alpha value is -5.54. The number of carbonyl (C=O) groups excluding carboxylic acids is 4. The van der Waals surface area contributed by atoms with E-state index in [1.54, 1.807) is 0 Å². The Labute approximate surface area is 381 Å². The topological polar surface area (TPSA) is 323 Å². The number of amides is 3. The molecule has 0 saturated carbocycles. The summed E-state index contributed by atoms with van der Waals surface area (Å²) >= 11 is 2.09. The molecule has 65 heavy (non-hydrogen) atoms. The maximum Gasteiger partial charge on any atom is 0.416 e. The van der Waals surface area contributed by atoms with Crippen LogP contribution in [0.5, 0.6) is 0 Å². The molecule has 18 nitrogen and oxygen atoms in total. The number of aromatic nitrogens is 2. The Kier molecular flexibility index (Phi) is 30.2. The van der Waals surface area contributed by atoms with Gasteiger partial charge in [-0.3, -0.25) is 24.4 Å². The first-order chi connectivity index (χ1) is 30.9. The first-order valence-corrected chi connectivity index (χ1v) is 21.6. The molecular formula is C39H58F6N14O4S2. The molecule has 0 fully saturated rings. The Morgan fingerprint density at radius 1 is 0.738 bits per heavy atom. The average molecular weight is 965 g/mol. The fourth-order valence-electron chi connectivity index (χ4n) is 4.70. The Bertz CT molecular complexity index is 1970. The van der Waals surface area contributed by atoms with Crippen LogP contribution in [0.1, 0.15) is 70.6 Å². The van der Waals surface area contributed by atoms with Gasteiger partial charge in [-0.25, -0.2) is 9.97 Å². The molecule has 2 aromatic carbocycles. The van der Waals surface area contributed by atoms with Crippen LogP contribution >= 0.6 is 23.5 Å². The van der Waals surface area contributed by atoms with Crippen LogP contribution < -0.4 is 55.7 Å². The Balaban J connectivity index is 0.00000235. The van der Waals surface area contributed by atoms with Crippen molar-refractivity contribution in [2.24, 2.45) is 44.4 Å². The van der Waals surface area contributed by atoms with Crippen molar-refractivity contribution >= 4 is 76.9 Å². The molecule has 1 aromatic heterocycles. The lowest BCUT2D eigenvalue weighted by Gasteiger charge is -2.19. The molecule has 0 spiro atoms. The van der Waals surface area contributed by atoms with Crippen LogP contribution in [-0.4, -0.2) is 105 Å². The van der Waals surface area contributed by atoms with Gasteiger partial charge in [0.2, 0.25) is 5.91 Å². The number of aldehydes is 1. The van der Waals surface area contributed by atoms with Crippen LogP contribution in [-0.2, 0) is 21.9 Å². The lowest BCUT2D eigenvalue weighted by Crippen LogP contribution is -2.22. The number of thioether (sulfide) groups is 2. The highest BCUT2D eigenvalue weighted by molar-refractivity contribution is 7.99. The van der Waals surface area contributed by atoms with E-state index in [1.165, 1.54) is 13.1 Å². The Morgan fingerprint density at radius 3 is 1.78 bits per heavy atom. The summed E-state index contributed by atoms with van der Waals surface area (Å²) < 4.78 is 82.0. The molecule has 3 rings (SSSR count). The molecule has 0 unspecified atom stereocenters. The summed E-state index contributed by atoms with van der Waals surface area (Å²) in [6.07, 6.45) is -3.54. The largest absolute Gasteiger partial charge is 0.416 e. The normalized spacial score (nSPS) is 10.8. The average Bonchev–Trinajstić information content (AvgIpc) is 3.26. The number of hydrogen-bond donors (Lipinski definition) is 10. The zero-order valence-corrected chi connectivity index (χ0v) is 37.8. The maximum atomic E-state index is 13.9. The van der Waals surface area contributed by atoms with Gasteiger partial charge in [-0.05, 0) is 77.2 Å². The van der Waals surface area contributed by atoms with E-state index in [1.807, 2.05) is 14.1 Å². The van der Waals surface area contributed by atoms with Crippen molar-refractivity contribution in [1.82, 2.24) is 15.3 Å². The number of benzene rings is 2. The van der Waals surface area contributed by atoms with Crippen molar-refractivity contribution in [3.8, 4) is 0 Å². The molecule has 0 aliphatic heterocycles. The predicted octanol–water partition coefficient (Wildman–Crippen LogP) is 4.26. The number of nitrogens with zero attached hydrogens (tertiary/aromatic N) is 4. The summed E-state index contributed by atoms with van der Waals surface area (Å²) in [5.41, 5.74) is 27.1. The number of aliphatic imine (C=N–C) groups is 2. The van der Waals surface area contributed by atoms with Crippen LogP contribution in [0.15, 0.2) is 62.5 Å². The second-order valence-electron chi connectivity index (χ2n) is 12.6. The Morgan fingerprint density at radius 2 is 1.26 bits per heavy atom. The molecule has 26 heteroatoms. The van der Waals surface area contributed by atoms with E-state index in [9.17, 15) is 45.5 Å². The van der Waals surface area contributed by atoms with Crippen LogP contribution in [0.3, 0.4) is 0 Å². The fourth-order valence-corrected chi connectivity index (χ4v) is 6.32. The summed E-state index contributed by atoms with van der Waals surface area (Å²) in [5, 5.41) is 9.95. The number of nitrogens with one attached hydrogen (secondary N) is 4. The van der Waals surface area contributed by atoms with Crippen molar-refractivity contribution < 1.29 is 45.5 Å². The third-order valence-electron chi connectivity index (χ3n) is 7.44. The van der Waals surface area contributed by atoms with Crippen LogP contribution in [0.2, 0.25) is 0 Å². The van der Waals surface area contributed by atoms with Gasteiger partial charge >= 0.3 is 12.4 Å². The van der Waals surface area contributed by atoms with Gasteiger partial charge in [-0.1, -0.05) is 0 Å². The first kappa shape index (κ1) is 59.5. The van der Waals surface area contributed by atoms with E-state index in [0.29, 0.717) is 49.1 Å². The standard InChI is InChI=1S/C30H33F6N9O3S2.C6H13N3O.C2H7N.CH5N/c31-29(32,33)17-4-5-24(49-9-6-37)19(11-17)44-27(47)22-14-23(42-16-41-22)28(48)45-21-13-18(30(34,35)36)12-20(26(21)50-10-7-38)43-25(46)3-1-2-8-40-15-39;7-6(8)9-4-2-1-3-5-10;1-3-2;1-2/h4-5,11-16H,1-3,6-10,37-38H2,(H2,39,40)(H,43,46)(H,44,47)(H,45,48);5H,1-4H2,(H4,7,8,9);3H,1-2H3;2H2,1H3. The summed E-state index contributed by atoms with van der Waals surface area (Å²) in [5.74, 6) is -1.97. The van der Waals surface area contributed by atoms with E-state index >= 15 is 0 Å². The minimum absolute atomic E-state index is 0.0293. The molecule has 3 amide bonds. The van der Waals surface area contributed by atoms with Crippen LogP contribution in [0.4, 0.5) is 43.4 Å². The maximum absolute atomic E-state index is 13.9. The molecule has 362 valence electrons. The predicted molar refractivity (Wildman–Crippen MR) is 246 cm³/mol. The molecule has 0 atom stereocenters. The number of hydrogen-bond acceptors (Lipinski definition) is 14. The zero-order valence-electron chi connectivity index (χ0n) is 36.2.